The molecule has 0 unspecified atom stereocenters. The fourth-order valence-corrected chi connectivity index (χ4v) is 2.73. The second kappa shape index (κ2) is 7.46. The van der Waals surface area contributed by atoms with Crippen LogP contribution in [-0.4, -0.2) is 6.54 Å². The first-order chi connectivity index (χ1) is 9.76. The third-order valence-electron chi connectivity index (χ3n) is 3.37. The third-order valence-corrected chi connectivity index (χ3v) is 4.11. The predicted octanol–water partition coefficient (Wildman–Crippen LogP) is 4.85. The van der Waals surface area contributed by atoms with E-state index >= 15 is 0 Å². The van der Waals surface area contributed by atoms with Crippen molar-refractivity contribution >= 4 is 27.3 Å². The van der Waals surface area contributed by atoms with Gasteiger partial charge in [-0.2, -0.15) is 0 Å². The van der Waals surface area contributed by atoms with Gasteiger partial charge in [0, 0.05) is 28.9 Å². The summed E-state index contributed by atoms with van der Waals surface area (Å²) in [7, 11) is 0. The van der Waals surface area contributed by atoms with Crippen LogP contribution in [0.15, 0.2) is 53.0 Å². The highest BCUT2D eigenvalue weighted by Crippen LogP contribution is 2.29. The summed E-state index contributed by atoms with van der Waals surface area (Å²) in [6, 6.07) is 16.9. The molecule has 2 nitrogen and oxygen atoms in total. The van der Waals surface area contributed by atoms with Crippen molar-refractivity contribution in [1.82, 2.24) is 0 Å². The van der Waals surface area contributed by atoms with Gasteiger partial charge in [-0.05, 0) is 36.2 Å². The van der Waals surface area contributed by atoms with E-state index in [0.29, 0.717) is 6.54 Å². The van der Waals surface area contributed by atoms with E-state index in [2.05, 4.69) is 76.3 Å². The quantitative estimate of drug-likeness (QED) is 0.819. The zero-order valence-electron chi connectivity index (χ0n) is 11.8. The molecule has 2 aromatic rings. The standard InChI is InChI=1S/C17H21BrN2/c1-2-3-11-20(15-7-5-4-6-8-15)16-10-9-14(13-19)17(18)12-16/h4-10,12H,2-3,11,13,19H2,1H3. The Hall–Kier alpha value is -1.32. The Balaban J connectivity index is 2.33. The molecule has 2 rings (SSSR count). The summed E-state index contributed by atoms with van der Waals surface area (Å²) < 4.78 is 1.08. The first-order valence-electron chi connectivity index (χ1n) is 7.07. The van der Waals surface area contributed by atoms with Crippen molar-refractivity contribution in [2.24, 2.45) is 5.73 Å². The number of nitrogens with zero attached hydrogens (tertiary/aromatic N) is 1. The van der Waals surface area contributed by atoms with Crippen molar-refractivity contribution in [3.63, 3.8) is 0 Å². The van der Waals surface area contributed by atoms with Gasteiger partial charge < -0.3 is 10.6 Å². The fraction of sp³-hybridized carbons (Fsp3) is 0.294. The molecular formula is C17H21BrN2. The third kappa shape index (κ3) is 3.62. The SMILES string of the molecule is CCCCN(c1ccccc1)c1ccc(CN)c(Br)c1. The van der Waals surface area contributed by atoms with Crippen molar-refractivity contribution in [1.29, 1.82) is 0 Å². The molecular weight excluding hydrogens is 312 g/mol. The van der Waals surface area contributed by atoms with Gasteiger partial charge in [-0.1, -0.05) is 53.5 Å². The van der Waals surface area contributed by atoms with Gasteiger partial charge in [0.1, 0.15) is 0 Å². The lowest BCUT2D eigenvalue weighted by molar-refractivity contribution is 0.785. The number of unbranched alkanes of at least 4 members (excludes halogenated alkanes) is 1. The van der Waals surface area contributed by atoms with E-state index in [-0.39, 0.29) is 0 Å². The molecule has 0 atom stereocenters. The molecule has 106 valence electrons. The minimum Gasteiger partial charge on any atom is -0.341 e. The number of anilines is 2. The van der Waals surface area contributed by atoms with Crippen molar-refractivity contribution < 1.29 is 0 Å². The van der Waals surface area contributed by atoms with Crippen LogP contribution in [0.5, 0.6) is 0 Å². The highest BCUT2D eigenvalue weighted by atomic mass is 79.9. The number of nitrogens with two attached hydrogens (primary N) is 1. The van der Waals surface area contributed by atoms with Crippen molar-refractivity contribution in [2.45, 2.75) is 26.3 Å². The summed E-state index contributed by atoms with van der Waals surface area (Å²) in [6.45, 7) is 3.80. The topological polar surface area (TPSA) is 29.3 Å². The van der Waals surface area contributed by atoms with Gasteiger partial charge >= 0.3 is 0 Å². The molecule has 3 heteroatoms. The molecule has 0 saturated heterocycles. The molecule has 0 saturated carbocycles. The first kappa shape index (κ1) is 15.1. The minimum absolute atomic E-state index is 0.557. The number of para-hydroxylation sites is 1. The second-order valence-corrected chi connectivity index (χ2v) is 5.67. The number of rotatable bonds is 6. The van der Waals surface area contributed by atoms with Gasteiger partial charge in [-0.15, -0.1) is 0 Å². The van der Waals surface area contributed by atoms with E-state index in [1.807, 2.05) is 0 Å². The molecule has 20 heavy (non-hydrogen) atoms. The molecule has 0 aliphatic rings. The summed E-state index contributed by atoms with van der Waals surface area (Å²) in [5, 5.41) is 0. The van der Waals surface area contributed by atoms with E-state index in [9.17, 15) is 0 Å². The van der Waals surface area contributed by atoms with Gasteiger partial charge in [0.05, 0.1) is 0 Å². The number of halogens is 1. The molecule has 0 radical (unpaired) electrons. The summed E-state index contributed by atoms with van der Waals surface area (Å²) in [4.78, 5) is 2.36. The van der Waals surface area contributed by atoms with Crippen molar-refractivity contribution in [2.75, 3.05) is 11.4 Å². The largest absolute Gasteiger partial charge is 0.341 e. The van der Waals surface area contributed by atoms with E-state index in [1.54, 1.807) is 0 Å². The molecule has 0 aromatic heterocycles. The molecule has 0 aliphatic carbocycles. The fourth-order valence-electron chi connectivity index (χ4n) is 2.20. The van der Waals surface area contributed by atoms with Crippen LogP contribution in [-0.2, 0) is 6.54 Å². The van der Waals surface area contributed by atoms with E-state index < -0.39 is 0 Å². The lowest BCUT2D eigenvalue weighted by Crippen LogP contribution is -2.18. The molecule has 0 spiro atoms. The van der Waals surface area contributed by atoms with Crippen LogP contribution >= 0.6 is 15.9 Å². The van der Waals surface area contributed by atoms with E-state index in [1.165, 1.54) is 24.2 Å². The molecule has 0 heterocycles. The molecule has 0 bridgehead atoms. The van der Waals surface area contributed by atoms with Crippen LogP contribution in [0.25, 0.3) is 0 Å². The average molecular weight is 333 g/mol. The van der Waals surface area contributed by atoms with Crippen LogP contribution in [0.2, 0.25) is 0 Å². The van der Waals surface area contributed by atoms with Crippen molar-refractivity contribution in [3.8, 4) is 0 Å². The lowest BCUT2D eigenvalue weighted by Gasteiger charge is -2.25. The van der Waals surface area contributed by atoms with Gasteiger partial charge in [0.2, 0.25) is 0 Å². The Morgan fingerprint density at radius 3 is 2.40 bits per heavy atom. The minimum atomic E-state index is 0.557. The lowest BCUT2D eigenvalue weighted by atomic mass is 10.1. The average Bonchev–Trinajstić information content (AvgIpc) is 2.49. The normalized spacial score (nSPS) is 10.6. The zero-order valence-corrected chi connectivity index (χ0v) is 13.4. The molecule has 2 N–H and O–H groups in total. The van der Waals surface area contributed by atoms with Gasteiger partial charge in [-0.25, -0.2) is 0 Å². The first-order valence-corrected chi connectivity index (χ1v) is 7.86. The van der Waals surface area contributed by atoms with Gasteiger partial charge in [-0.3, -0.25) is 0 Å². The maximum atomic E-state index is 5.72. The van der Waals surface area contributed by atoms with Crippen LogP contribution in [0.4, 0.5) is 11.4 Å². The van der Waals surface area contributed by atoms with Crippen molar-refractivity contribution in [3.05, 3.63) is 58.6 Å². The maximum Gasteiger partial charge on any atom is 0.0422 e. The number of hydrogen-bond acceptors (Lipinski definition) is 2. The Kier molecular flexibility index (Phi) is 5.62. The Morgan fingerprint density at radius 1 is 1.05 bits per heavy atom. The summed E-state index contributed by atoms with van der Waals surface area (Å²) in [6.07, 6.45) is 2.36. The highest BCUT2D eigenvalue weighted by Gasteiger charge is 2.10. The monoisotopic (exact) mass is 332 g/mol. The van der Waals surface area contributed by atoms with E-state index in [4.69, 9.17) is 5.73 Å². The van der Waals surface area contributed by atoms with Crippen LogP contribution in [0, 0.1) is 0 Å². The highest BCUT2D eigenvalue weighted by molar-refractivity contribution is 9.10. The summed E-state index contributed by atoms with van der Waals surface area (Å²) in [5.74, 6) is 0. The van der Waals surface area contributed by atoms with Gasteiger partial charge in [0.25, 0.3) is 0 Å². The Morgan fingerprint density at radius 2 is 1.80 bits per heavy atom. The van der Waals surface area contributed by atoms with E-state index in [0.717, 1.165) is 16.6 Å². The van der Waals surface area contributed by atoms with Crippen LogP contribution < -0.4 is 10.6 Å². The van der Waals surface area contributed by atoms with Gasteiger partial charge in [0.15, 0.2) is 0 Å². The summed E-state index contributed by atoms with van der Waals surface area (Å²) >= 11 is 3.61. The maximum absolute atomic E-state index is 5.72. The molecule has 0 fully saturated rings. The predicted molar refractivity (Wildman–Crippen MR) is 90.4 cm³/mol. The Labute approximate surface area is 129 Å². The number of benzene rings is 2. The second-order valence-electron chi connectivity index (χ2n) is 4.82. The Bertz CT molecular complexity index is 540. The molecule has 0 amide bonds. The number of hydrogen-bond donors (Lipinski definition) is 1. The zero-order chi connectivity index (χ0) is 14.4. The molecule has 0 aliphatic heterocycles. The summed E-state index contributed by atoms with van der Waals surface area (Å²) in [5.41, 5.74) is 9.29. The molecule has 2 aromatic carbocycles. The smallest absolute Gasteiger partial charge is 0.0422 e. The van der Waals surface area contributed by atoms with Crippen LogP contribution in [0.1, 0.15) is 25.3 Å². The van der Waals surface area contributed by atoms with Crippen LogP contribution in [0.3, 0.4) is 0 Å².